The van der Waals surface area contributed by atoms with Gasteiger partial charge in [-0.15, -0.1) is 0 Å². The molecule has 0 aliphatic heterocycles. The lowest BCUT2D eigenvalue weighted by molar-refractivity contribution is -0.137. The van der Waals surface area contributed by atoms with Crippen LogP contribution >= 0.6 is 0 Å². The van der Waals surface area contributed by atoms with Gasteiger partial charge in [0.1, 0.15) is 0 Å². The number of aromatic nitrogens is 2. The molecule has 0 fully saturated rings. The number of rotatable bonds is 6. The number of carbonyl (C=O) groups is 1. The quantitative estimate of drug-likeness (QED) is 0.600. The first-order valence-electron chi connectivity index (χ1n) is 9.33. The van der Waals surface area contributed by atoms with E-state index in [1.54, 1.807) is 12.3 Å². The largest absolute Gasteiger partial charge is 0.416 e. The summed E-state index contributed by atoms with van der Waals surface area (Å²) in [5.74, 6) is 0.0697. The minimum absolute atomic E-state index is 0.0697. The first-order valence-corrected chi connectivity index (χ1v) is 9.33. The molecule has 0 saturated carbocycles. The second-order valence-corrected chi connectivity index (χ2v) is 6.54. The fourth-order valence-electron chi connectivity index (χ4n) is 2.86. The van der Waals surface area contributed by atoms with Crippen LogP contribution in [0, 0.1) is 0 Å². The number of urea groups is 1. The Morgan fingerprint density at radius 2 is 1.97 bits per heavy atom. The van der Waals surface area contributed by atoms with Gasteiger partial charge in [0.15, 0.2) is 5.82 Å². The van der Waals surface area contributed by atoms with Gasteiger partial charge < -0.3 is 11.1 Å². The Morgan fingerprint density at radius 1 is 1.16 bits per heavy atom. The molecule has 3 aromatic rings. The van der Waals surface area contributed by atoms with Crippen LogP contribution in [0.2, 0.25) is 0 Å². The normalized spacial score (nSPS) is 11.1. The summed E-state index contributed by atoms with van der Waals surface area (Å²) in [6.07, 6.45) is -1.06. The van der Waals surface area contributed by atoms with Crippen LogP contribution < -0.4 is 16.0 Å². The van der Waals surface area contributed by atoms with E-state index in [1.807, 2.05) is 12.1 Å². The van der Waals surface area contributed by atoms with Crippen LogP contribution in [0.15, 0.2) is 73.6 Å². The van der Waals surface area contributed by atoms with Gasteiger partial charge in [0, 0.05) is 36.6 Å². The van der Waals surface area contributed by atoms with E-state index in [2.05, 4.69) is 21.9 Å². The fourth-order valence-corrected chi connectivity index (χ4v) is 2.86. The highest BCUT2D eigenvalue weighted by Crippen LogP contribution is 2.33. The number of anilines is 2. The Morgan fingerprint density at radius 3 is 2.65 bits per heavy atom. The third-order valence-electron chi connectivity index (χ3n) is 4.40. The van der Waals surface area contributed by atoms with Crippen molar-refractivity contribution in [3.63, 3.8) is 0 Å². The molecule has 0 spiro atoms. The van der Waals surface area contributed by atoms with Gasteiger partial charge in [-0.25, -0.2) is 9.78 Å². The number of alkyl halides is 3. The van der Waals surface area contributed by atoms with E-state index in [-0.39, 0.29) is 22.8 Å². The summed E-state index contributed by atoms with van der Waals surface area (Å²) in [4.78, 5) is 22.2. The summed E-state index contributed by atoms with van der Waals surface area (Å²) >= 11 is 0. The van der Waals surface area contributed by atoms with Crippen molar-refractivity contribution in [2.75, 3.05) is 17.2 Å². The van der Waals surface area contributed by atoms with E-state index >= 15 is 0 Å². The second kappa shape index (κ2) is 9.29. The summed E-state index contributed by atoms with van der Waals surface area (Å²) in [5.41, 5.74) is 6.66. The maximum Gasteiger partial charge on any atom is 0.416 e. The number of halogens is 3. The molecule has 1 aromatic carbocycles. The number of amides is 2. The number of hydrogen-bond acceptors (Lipinski definition) is 4. The molecule has 9 heteroatoms. The standard InChI is InChI=1S/C22H20F3N5O/c1-2-30(21(31)28-13-11-17-8-3-4-12-27-17)20-18(26)9-10-19(29-20)15-6-5-7-16(14-15)22(23,24)25/h2-10,12,14H,1,11,13,26H2,(H,28,31). The first kappa shape index (κ1) is 21.8. The van der Waals surface area contributed by atoms with Crippen LogP contribution in [0.25, 0.3) is 11.3 Å². The summed E-state index contributed by atoms with van der Waals surface area (Å²) in [6, 6.07) is 12.7. The predicted molar refractivity (Wildman–Crippen MR) is 113 cm³/mol. The predicted octanol–water partition coefficient (Wildman–Crippen LogP) is 4.65. The zero-order valence-corrected chi connectivity index (χ0v) is 16.4. The molecule has 0 atom stereocenters. The lowest BCUT2D eigenvalue weighted by atomic mass is 10.1. The van der Waals surface area contributed by atoms with Gasteiger partial charge in [0.25, 0.3) is 0 Å². The summed E-state index contributed by atoms with van der Waals surface area (Å²) in [5, 5.41) is 2.73. The third kappa shape index (κ3) is 5.39. The number of nitrogens with one attached hydrogen (secondary N) is 1. The van der Waals surface area contributed by atoms with E-state index in [0.717, 1.165) is 22.7 Å². The lowest BCUT2D eigenvalue weighted by Crippen LogP contribution is -2.38. The van der Waals surface area contributed by atoms with Gasteiger partial charge >= 0.3 is 12.2 Å². The van der Waals surface area contributed by atoms with Gasteiger partial charge in [-0.3, -0.25) is 9.88 Å². The molecule has 2 heterocycles. The van der Waals surface area contributed by atoms with Crippen LogP contribution in [-0.2, 0) is 12.6 Å². The average Bonchev–Trinajstić information content (AvgIpc) is 2.76. The molecule has 0 aliphatic rings. The number of nitrogens with zero attached hydrogens (tertiary/aromatic N) is 3. The van der Waals surface area contributed by atoms with Crippen LogP contribution in [0.1, 0.15) is 11.3 Å². The van der Waals surface area contributed by atoms with Crippen molar-refractivity contribution in [2.24, 2.45) is 0 Å². The minimum atomic E-state index is -4.48. The molecule has 31 heavy (non-hydrogen) atoms. The van der Waals surface area contributed by atoms with E-state index in [1.165, 1.54) is 30.5 Å². The molecule has 0 aliphatic carbocycles. The number of carbonyl (C=O) groups excluding carboxylic acids is 1. The van der Waals surface area contributed by atoms with Crippen LogP contribution in [-0.4, -0.2) is 22.5 Å². The van der Waals surface area contributed by atoms with E-state index in [4.69, 9.17) is 5.73 Å². The Balaban J connectivity index is 1.80. The van der Waals surface area contributed by atoms with Crippen molar-refractivity contribution in [2.45, 2.75) is 12.6 Å². The molecule has 160 valence electrons. The van der Waals surface area contributed by atoms with Crippen molar-refractivity contribution in [3.05, 3.63) is 84.8 Å². The molecule has 3 N–H and O–H groups in total. The first-order chi connectivity index (χ1) is 14.8. The molecule has 0 radical (unpaired) electrons. The molecule has 0 saturated heterocycles. The van der Waals surface area contributed by atoms with Crippen molar-refractivity contribution in [3.8, 4) is 11.3 Å². The summed E-state index contributed by atoms with van der Waals surface area (Å²) < 4.78 is 39.1. The van der Waals surface area contributed by atoms with E-state index < -0.39 is 17.8 Å². The average molecular weight is 427 g/mol. The highest BCUT2D eigenvalue weighted by molar-refractivity contribution is 5.95. The monoisotopic (exact) mass is 427 g/mol. The SMILES string of the molecule is C=CN(C(=O)NCCc1ccccn1)c1nc(-c2cccc(C(F)(F)F)c2)ccc1N. The molecule has 0 unspecified atom stereocenters. The number of nitrogens with two attached hydrogens (primary N) is 1. The molecular formula is C22H20F3N5O. The lowest BCUT2D eigenvalue weighted by Gasteiger charge is -2.20. The van der Waals surface area contributed by atoms with Gasteiger partial charge in [0.2, 0.25) is 0 Å². The fraction of sp³-hybridized carbons (Fsp3) is 0.136. The number of nitrogen functional groups attached to an aromatic ring is 1. The van der Waals surface area contributed by atoms with Crippen LogP contribution in [0.5, 0.6) is 0 Å². The molecule has 6 nitrogen and oxygen atoms in total. The Hall–Kier alpha value is -3.88. The van der Waals surface area contributed by atoms with Crippen molar-refractivity contribution >= 4 is 17.5 Å². The highest BCUT2D eigenvalue weighted by atomic mass is 19.4. The Bertz CT molecular complexity index is 1070. The second-order valence-electron chi connectivity index (χ2n) is 6.54. The number of benzene rings is 1. The van der Waals surface area contributed by atoms with Crippen LogP contribution in [0.3, 0.4) is 0 Å². The topological polar surface area (TPSA) is 84.1 Å². The molecule has 3 rings (SSSR count). The van der Waals surface area contributed by atoms with Gasteiger partial charge in [-0.1, -0.05) is 24.8 Å². The summed E-state index contributed by atoms with van der Waals surface area (Å²) in [6.45, 7) is 3.94. The maximum absolute atomic E-state index is 13.0. The van der Waals surface area contributed by atoms with Gasteiger partial charge in [-0.05, 0) is 36.4 Å². The van der Waals surface area contributed by atoms with Crippen molar-refractivity contribution in [1.82, 2.24) is 15.3 Å². The number of hydrogen-bond donors (Lipinski definition) is 2. The Kier molecular flexibility index (Phi) is 6.54. The van der Waals surface area contributed by atoms with Crippen molar-refractivity contribution < 1.29 is 18.0 Å². The van der Waals surface area contributed by atoms with E-state index in [9.17, 15) is 18.0 Å². The Labute approximate surface area is 177 Å². The molecule has 2 aromatic heterocycles. The van der Waals surface area contributed by atoms with Crippen molar-refractivity contribution in [1.29, 1.82) is 0 Å². The maximum atomic E-state index is 13.0. The third-order valence-corrected chi connectivity index (χ3v) is 4.40. The molecule has 0 bridgehead atoms. The molecular weight excluding hydrogens is 407 g/mol. The number of pyridine rings is 2. The van der Waals surface area contributed by atoms with Gasteiger partial charge in [0.05, 0.1) is 16.9 Å². The summed E-state index contributed by atoms with van der Waals surface area (Å²) in [7, 11) is 0. The highest BCUT2D eigenvalue weighted by Gasteiger charge is 2.30. The van der Waals surface area contributed by atoms with Gasteiger partial charge in [-0.2, -0.15) is 13.2 Å². The van der Waals surface area contributed by atoms with Crippen LogP contribution in [0.4, 0.5) is 29.5 Å². The zero-order valence-electron chi connectivity index (χ0n) is 16.4. The van der Waals surface area contributed by atoms with E-state index in [0.29, 0.717) is 13.0 Å². The smallest absolute Gasteiger partial charge is 0.396 e. The zero-order chi connectivity index (χ0) is 22.4. The minimum Gasteiger partial charge on any atom is -0.396 e. The molecule has 2 amide bonds.